The normalized spacial score (nSPS) is 14.3. The molecule has 1 aromatic carbocycles. The van der Waals surface area contributed by atoms with Crippen molar-refractivity contribution in [2.45, 2.75) is 59.2 Å². The van der Waals surface area contributed by atoms with Gasteiger partial charge in [0.05, 0.1) is 24.8 Å². The summed E-state index contributed by atoms with van der Waals surface area (Å²) in [6.45, 7) is 12.9. The molecule has 1 amide bonds. The fraction of sp³-hybridized carbons (Fsp3) is 0.650. The van der Waals surface area contributed by atoms with Gasteiger partial charge in [-0.3, -0.25) is 10.1 Å². The molecule has 0 spiro atoms. The highest BCUT2D eigenvalue weighted by atomic mass is 16.5. The van der Waals surface area contributed by atoms with Crippen LogP contribution in [0.2, 0.25) is 0 Å². The number of rotatable bonds is 9. The molecule has 0 fully saturated rings. The molecule has 0 heterocycles. The van der Waals surface area contributed by atoms with E-state index in [2.05, 4.69) is 5.32 Å². The Kier molecular flexibility index (Phi) is 7.90. The van der Waals surface area contributed by atoms with E-state index in [9.17, 15) is 9.90 Å². The Morgan fingerprint density at radius 1 is 1.20 bits per heavy atom. The molecular formula is C20H34N2O3. The maximum absolute atomic E-state index is 12.9. The van der Waals surface area contributed by atoms with E-state index in [-0.39, 0.29) is 23.9 Å². The molecule has 0 saturated carbocycles. The molecule has 0 aliphatic heterocycles. The summed E-state index contributed by atoms with van der Waals surface area (Å²) in [4.78, 5) is 14.7. The molecule has 5 nitrogen and oxygen atoms in total. The molecule has 25 heavy (non-hydrogen) atoms. The maximum Gasteiger partial charge on any atom is 0.239 e. The third-order valence-electron chi connectivity index (χ3n) is 4.51. The number of carbonyl (C=O) groups excluding carboxylic acids is 1. The van der Waals surface area contributed by atoms with Gasteiger partial charge >= 0.3 is 0 Å². The van der Waals surface area contributed by atoms with E-state index in [0.29, 0.717) is 13.1 Å². The summed E-state index contributed by atoms with van der Waals surface area (Å²) in [5.41, 5.74) is -0.100. The molecule has 0 aliphatic carbocycles. The highest BCUT2D eigenvalue weighted by Crippen LogP contribution is 2.28. The summed E-state index contributed by atoms with van der Waals surface area (Å²) in [6, 6.07) is 6.85. The van der Waals surface area contributed by atoms with Gasteiger partial charge in [0.15, 0.2) is 0 Å². The lowest BCUT2D eigenvalue weighted by molar-refractivity contribution is -0.135. The molecular weight excluding hydrogens is 316 g/mol. The van der Waals surface area contributed by atoms with Crippen LogP contribution in [0.25, 0.3) is 0 Å². The van der Waals surface area contributed by atoms with Gasteiger partial charge < -0.3 is 14.7 Å². The summed E-state index contributed by atoms with van der Waals surface area (Å²) in [7, 11) is 1.62. The molecule has 0 saturated heterocycles. The zero-order chi connectivity index (χ0) is 19.2. The van der Waals surface area contributed by atoms with Crippen molar-refractivity contribution < 1.29 is 14.6 Å². The quantitative estimate of drug-likeness (QED) is 0.719. The van der Waals surface area contributed by atoms with Gasteiger partial charge in [-0.2, -0.15) is 0 Å². The van der Waals surface area contributed by atoms with Crippen LogP contribution in [0.4, 0.5) is 0 Å². The van der Waals surface area contributed by atoms with Gasteiger partial charge in [0.25, 0.3) is 0 Å². The van der Waals surface area contributed by atoms with Crippen molar-refractivity contribution in [3.8, 4) is 5.75 Å². The van der Waals surface area contributed by atoms with Crippen LogP contribution in [-0.2, 0) is 4.79 Å². The van der Waals surface area contributed by atoms with Gasteiger partial charge in [-0.25, -0.2) is 0 Å². The van der Waals surface area contributed by atoms with E-state index < -0.39 is 5.60 Å². The number of methoxy groups -OCH3 is 1. The number of nitrogens with one attached hydrogen (secondary N) is 1. The minimum absolute atomic E-state index is 0.0720. The van der Waals surface area contributed by atoms with Gasteiger partial charge in [-0.15, -0.1) is 0 Å². The lowest BCUT2D eigenvalue weighted by Gasteiger charge is -2.37. The second kappa shape index (κ2) is 9.20. The van der Waals surface area contributed by atoms with Crippen LogP contribution in [0.3, 0.4) is 0 Å². The topological polar surface area (TPSA) is 61.8 Å². The van der Waals surface area contributed by atoms with Gasteiger partial charge in [-0.1, -0.05) is 26.0 Å². The standard InChI is InChI=1S/C20H34N2O3/c1-8-22(9-2)19(23)17(14(3)4)21-18(20(5,6)24)15-10-12-16(25-7)13-11-15/h10-14,17-18,21,24H,8-9H2,1-7H3/t17-,18+/m0/s1. The minimum Gasteiger partial charge on any atom is -0.497 e. The van der Waals surface area contributed by atoms with Crippen LogP contribution in [0.1, 0.15) is 53.1 Å². The number of amides is 1. The monoisotopic (exact) mass is 350 g/mol. The number of carbonyl (C=O) groups is 1. The van der Waals surface area contributed by atoms with Gasteiger partial charge in [0.2, 0.25) is 5.91 Å². The van der Waals surface area contributed by atoms with Crippen molar-refractivity contribution in [3.05, 3.63) is 29.8 Å². The number of hydrogen-bond donors (Lipinski definition) is 2. The Labute approximate surface area is 152 Å². The summed E-state index contributed by atoms with van der Waals surface area (Å²) in [5, 5.41) is 14.1. The maximum atomic E-state index is 12.9. The molecule has 1 rings (SSSR count). The predicted molar refractivity (Wildman–Crippen MR) is 102 cm³/mol. The number of nitrogens with zero attached hydrogens (tertiary/aromatic N) is 1. The Morgan fingerprint density at radius 3 is 2.08 bits per heavy atom. The highest BCUT2D eigenvalue weighted by Gasteiger charge is 2.35. The van der Waals surface area contributed by atoms with Crippen molar-refractivity contribution >= 4 is 5.91 Å². The summed E-state index contributed by atoms with van der Waals surface area (Å²) in [5.74, 6) is 0.942. The largest absolute Gasteiger partial charge is 0.497 e. The Hall–Kier alpha value is -1.59. The highest BCUT2D eigenvalue weighted by molar-refractivity contribution is 5.82. The zero-order valence-electron chi connectivity index (χ0n) is 16.7. The van der Waals surface area contributed by atoms with E-state index in [0.717, 1.165) is 11.3 Å². The van der Waals surface area contributed by atoms with Crippen molar-refractivity contribution in [2.24, 2.45) is 5.92 Å². The van der Waals surface area contributed by atoms with Crippen molar-refractivity contribution in [1.29, 1.82) is 0 Å². The average Bonchev–Trinajstić information content (AvgIpc) is 2.55. The predicted octanol–water partition coefficient (Wildman–Crippen LogP) is 2.99. The number of benzene rings is 1. The first-order chi connectivity index (χ1) is 11.6. The molecule has 1 aromatic rings. The molecule has 142 valence electrons. The average molecular weight is 351 g/mol. The molecule has 0 bridgehead atoms. The van der Waals surface area contributed by atoms with Gasteiger partial charge in [0.1, 0.15) is 5.75 Å². The Bertz CT molecular complexity index is 531. The fourth-order valence-electron chi connectivity index (χ4n) is 2.96. The van der Waals surface area contributed by atoms with Crippen LogP contribution in [0, 0.1) is 5.92 Å². The summed E-state index contributed by atoms with van der Waals surface area (Å²) >= 11 is 0. The first kappa shape index (κ1) is 21.5. The van der Waals surface area contributed by atoms with Crippen LogP contribution in [0.5, 0.6) is 5.75 Å². The van der Waals surface area contributed by atoms with Crippen LogP contribution >= 0.6 is 0 Å². The minimum atomic E-state index is -1.02. The number of hydrogen-bond acceptors (Lipinski definition) is 4. The molecule has 0 aliphatic rings. The van der Waals surface area contributed by atoms with E-state index in [1.807, 2.05) is 56.9 Å². The zero-order valence-corrected chi connectivity index (χ0v) is 16.7. The summed E-state index contributed by atoms with van der Waals surface area (Å²) < 4.78 is 5.21. The number of likely N-dealkylation sites (N-methyl/N-ethyl adjacent to an activating group) is 1. The molecule has 2 atom stereocenters. The van der Waals surface area contributed by atoms with Crippen molar-refractivity contribution in [3.63, 3.8) is 0 Å². The van der Waals surface area contributed by atoms with Gasteiger partial charge in [0, 0.05) is 13.1 Å². The van der Waals surface area contributed by atoms with Crippen molar-refractivity contribution in [2.75, 3.05) is 20.2 Å². The van der Waals surface area contributed by atoms with Crippen LogP contribution in [-0.4, -0.2) is 47.8 Å². The molecule has 0 unspecified atom stereocenters. The van der Waals surface area contributed by atoms with E-state index >= 15 is 0 Å². The first-order valence-corrected chi connectivity index (χ1v) is 9.06. The van der Waals surface area contributed by atoms with Crippen LogP contribution < -0.4 is 10.1 Å². The van der Waals surface area contributed by atoms with E-state index in [4.69, 9.17) is 4.74 Å². The molecule has 2 N–H and O–H groups in total. The third kappa shape index (κ3) is 5.72. The second-order valence-electron chi connectivity index (χ2n) is 7.26. The first-order valence-electron chi connectivity index (χ1n) is 9.06. The number of aliphatic hydroxyl groups is 1. The summed E-state index contributed by atoms with van der Waals surface area (Å²) in [6.07, 6.45) is 0. The SMILES string of the molecule is CCN(CC)C(=O)[C@@H](N[C@H](c1ccc(OC)cc1)C(C)(C)O)C(C)C. The van der Waals surface area contributed by atoms with Crippen LogP contribution in [0.15, 0.2) is 24.3 Å². The van der Waals surface area contributed by atoms with E-state index in [1.165, 1.54) is 0 Å². The Balaban J connectivity index is 3.14. The lowest BCUT2D eigenvalue weighted by Crippen LogP contribution is -2.53. The Morgan fingerprint density at radius 2 is 1.72 bits per heavy atom. The lowest BCUT2D eigenvalue weighted by atomic mass is 9.89. The second-order valence-corrected chi connectivity index (χ2v) is 7.26. The molecule has 0 aromatic heterocycles. The smallest absolute Gasteiger partial charge is 0.239 e. The third-order valence-corrected chi connectivity index (χ3v) is 4.51. The van der Waals surface area contributed by atoms with Gasteiger partial charge in [-0.05, 0) is 51.3 Å². The molecule has 0 radical (unpaired) electrons. The van der Waals surface area contributed by atoms with E-state index in [1.54, 1.807) is 21.0 Å². The molecule has 5 heteroatoms. The fourth-order valence-corrected chi connectivity index (χ4v) is 2.96. The van der Waals surface area contributed by atoms with Crippen molar-refractivity contribution in [1.82, 2.24) is 10.2 Å². The number of ether oxygens (including phenoxy) is 1.